The van der Waals surface area contributed by atoms with Crippen LogP contribution in [-0.4, -0.2) is 18.9 Å². The molecule has 0 radical (unpaired) electrons. The van der Waals surface area contributed by atoms with Crippen molar-refractivity contribution in [2.45, 2.75) is 98.1 Å². The highest BCUT2D eigenvalue weighted by atomic mass is 127. The summed E-state index contributed by atoms with van der Waals surface area (Å²) in [6.07, 6.45) is 2.46. The highest BCUT2D eigenvalue weighted by Gasteiger charge is 2.27. The monoisotopic (exact) mass is 914 g/mol. The molecule has 57 heavy (non-hydrogen) atoms. The van der Waals surface area contributed by atoms with Crippen molar-refractivity contribution in [3.8, 4) is 0 Å². The van der Waals surface area contributed by atoms with Gasteiger partial charge in [-0.05, 0) is 114 Å². The SMILES string of the molecule is CCC(=O)[O-].CCC(C)(C)c1ccc([I+]c2ccc(C(C)(C)CC)cc2)cc1.O=S(=O)([O-])c1ccccc1.c1ccc([S+](c2ccccc2)c2ccccc2)cc1. The Bertz CT molecular complexity index is 1990. The number of carboxylic acid groups (broad SMARTS) is 1. The van der Waals surface area contributed by atoms with Crippen molar-refractivity contribution in [2.24, 2.45) is 0 Å². The number of hydrogen-bond acceptors (Lipinski definition) is 5. The molecule has 5 nitrogen and oxygen atoms in total. The van der Waals surface area contributed by atoms with Crippen LogP contribution in [0.1, 0.15) is 78.9 Å². The number of benzene rings is 6. The lowest BCUT2D eigenvalue weighted by molar-refractivity contribution is -0.597. The van der Waals surface area contributed by atoms with Crippen LogP contribution in [0.25, 0.3) is 0 Å². The number of carbonyl (C=O) groups excluding carboxylic acids is 1. The molecule has 0 atom stereocenters. The predicted octanol–water partition coefficient (Wildman–Crippen LogP) is 7.71. The summed E-state index contributed by atoms with van der Waals surface area (Å²) in [6, 6.07) is 58.0. The molecule has 0 heterocycles. The Hall–Kier alpha value is -4.22. The van der Waals surface area contributed by atoms with E-state index in [2.05, 4.69) is 181 Å². The average Bonchev–Trinajstić information content (AvgIpc) is 3.23. The molecule has 300 valence electrons. The molecule has 0 unspecified atom stereocenters. The minimum Gasteiger partial charge on any atom is -0.744 e. The molecule has 0 bridgehead atoms. The third-order valence-corrected chi connectivity index (χ3v) is 15.3. The second kappa shape index (κ2) is 23.3. The lowest BCUT2D eigenvalue weighted by atomic mass is 9.82. The molecule has 0 saturated carbocycles. The third kappa shape index (κ3) is 15.9. The van der Waals surface area contributed by atoms with Gasteiger partial charge in [0.2, 0.25) is 0 Å². The van der Waals surface area contributed by atoms with Gasteiger partial charge in [-0.25, -0.2) is 8.42 Å². The highest BCUT2D eigenvalue weighted by molar-refractivity contribution is 7.97. The van der Waals surface area contributed by atoms with Crippen molar-refractivity contribution in [2.75, 3.05) is 0 Å². The Labute approximate surface area is 355 Å². The van der Waals surface area contributed by atoms with E-state index in [1.165, 1.54) is 77.0 Å². The zero-order valence-electron chi connectivity index (χ0n) is 34.0. The van der Waals surface area contributed by atoms with Crippen LogP contribution < -0.4 is 26.3 Å². The van der Waals surface area contributed by atoms with Crippen molar-refractivity contribution in [3.63, 3.8) is 0 Å². The maximum Gasteiger partial charge on any atom is 0.357 e. The number of carbonyl (C=O) groups is 1. The zero-order valence-corrected chi connectivity index (χ0v) is 37.8. The van der Waals surface area contributed by atoms with Gasteiger partial charge in [-0.1, -0.05) is 146 Å². The summed E-state index contributed by atoms with van der Waals surface area (Å²) in [5.74, 6) is -0.995. The molecule has 0 aliphatic carbocycles. The summed E-state index contributed by atoms with van der Waals surface area (Å²) in [5, 5.41) is 9.26. The standard InChI is InChI=1S/C22H30I.C18H15S.C6H6O3S.C3H6O2/c1-7-21(3,4)17-9-13-19(14-10-17)23-20-15-11-18(12-16-20)22(5,6)8-2;1-4-10-16(11-5-1)19(17-12-6-2-7-13-17)18-14-8-3-9-15-18;7-10(8,9)6-4-2-1-3-5-6;1-2-3(4)5/h9-16H,7-8H2,1-6H3;1-15H;1-5H,(H,7,8,9);2H2,1H3,(H,4,5)/q2*+1;;/p-2. The largest absolute Gasteiger partial charge is 0.744 e. The van der Waals surface area contributed by atoms with Gasteiger partial charge in [-0.3, -0.25) is 0 Å². The van der Waals surface area contributed by atoms with Crippen molar-refractivity contribution in [1.29, 1.82) is 0 Å². The number of halogens is 1. The maximum atomic E-state index is 10.3. The molecule has 0 fully saturated rings. The van der Waals surface area contributed by atoms with Gasteiger partial charge in [0.25, 0.3) is 0 Å². The normalized spacial score (nSPS) is 11.2. The van der Waals surface area contributed by atoms with Crippen LogP contribution in [0.4, 0.5) is 0 Å². The minimum atomic E-state index is -4.25. The van der Waals surface area contributed by atoms with Crippen LogP contribution in [0.2, 0.25) is 0 Å². The summed E-state index contributed by atoms with van der Waals surface area (Å²) in [6.45, 7) is 15.4. The molecule has 0 aliphatic heterocycles. The first kappa shape index (κ1) is 47.2. The molecule has 0 amide bonds. The van der Waals surface area contributed by atoms with E-state index in [1.807, 2.05) is 0 Å². The summed E-state index contributed by atoms with van der Waals surface area (Å²) < 4.78 is 33.8. The lowest BCUT2D eigenvalue weighted by Crippen LogP contribution is -3.61. The Morgan fingerprint density at radius 1 is 0.526 bits per heavy atom. The Morgan fingerprint density at radius 3 is 1.04 bits per heavy atom. The molecular weight excluding hydrogens is 860 g/mol. The summed E-state index contributed by atoms with van der Waals surface area (Å²) >= 11 is -0.0793. The van der Waals surface area contributed by atoms with Gasteiger partial charge in [-0.15, -0.1) is 0 Å². The van der Waals surface area contributed by atoms with E-state index in [1.54, 1.807) is 6.07 Å². The van der Waals surface area contributed by atoms with Gasteiger partial charge >= 0.3 is 21.2 Å². The topological polar surface area (TPSA) is 97.3 Å². The molecule has 8 heteroatoms. The Balaban J connectivity index is 0.000000228. The molecule has 0 aromatic heterocycles. The van der Waals surface area contributed by atoms with E-state index in [4.69, 9.17) is 0 Å². The highest BCUT2D eigenvalue weighted by Crippen LogP contribution is 2.31. The molecule has 6 aromatic rings. The first-order valence-electron chi connectivity index (χ1n) is 19.1. The average molecular weight is 915 g/mol. The van der Waals surface area contributed by atoms with Crippen molar-refractivity contribution in [3.05, 3.63) is 188 Å². The van der Waals surface area contributed by atoms with E-state index in [-0.39, 0.29) is 54.2 Å². The van der Waals surface area contributed by atoms with Gasteiger partial charge in [-0.2, -0.15) is 0 Å². The number of rotatable bonds is 11. The predicted molar refractivity (Wildman–Crippen MR) is 228 cm³/mol. The third-order valence-electron chi connectivity index (χ3n) is 9.49. The number of carboxylic acids is 1. The summed E-state index contributed by atoms with van der Waals surface area (Å²) in [5.41, 5.74) is 3.47. The van der Waals surface area contributed by atoms with Crippen LogP contribution in [0.5, 0.6) is 0 Å². The second-order valence-electron chi connectivity index (χ2n) is 14.3. The fourth-order valence-corrected chi connectivity index (χ4v) is 9.88. The van der Waals surface area contributed by atoms with Gasteiger partial charge in [0, 0.05) is 5.97 Å². The fourth-order valence-electron chi connectivity index (χ4n) is 5.13. The van der Waals surface area contributed by atoms with E-state index in [0.717, 1.165) is 0 Å². The van der Waals surface area contributed by atoms with Gasteiger partial charge < -0.3 is 14.5 Å². The summed E-state index contributed by atoms with van der Waals surface area (Å²) in [4.78, 5) is 13.2. The molecule has 0 N–H and O–H groups in total. The number of aliphatic carboxylic acids is 1. The van der Waals surface area contributed by atoms with Crippen molar-refractivity contribution < 1.29 is 44.1 Å². The minimum absolute atomic E-state index is 0.0146. The Morgan fingerprint density at radius 2 is 0.807 bits per heavy atom. The van der Waals surface area contributed by atoms with E-state index in [0.29, 0.717) is 0 Å². The zero-order chi connectivity index (χ0) is 41.9. The quantitative estimate of drug-likeness (QED) is 0.0755. The molecular formula is C49H55IO5S2. The number of hydrogen-bond donors (Lipinski definition) is 0. The second-order valence-corrected chi connectivity index (χ2v) is 20.8. The van der Waals surface area contributed by atoms with E-state index in [9.17, 15) is 22.9 Å². The first-order valence-corrected chi connectivity index (χ1v) is 23.9. The fraction of sp³-hybridized carbons (Fsp3) is 0.245. The Kier molecular flexibility index (Phi) is 19.2. The van der Waals surface area contributed by atoms with Gasteiger partial charge in [0.15, 0.2) is 21.8 Å². The van der Waals surface area contributed by atoms with Crippen LogP contribution in [0.15, 0.2) is 189 Å². The van der Waals surface area contributed by atoms with Crippen LogP contribution in [-0.2, 0) is 36.6 Å². The van der Waals surface area contributed by atoms with E-state index < -0.39 is 16.1 Å². The molecule has 0 aliphatic rings. The molecule has 0 spiro atoms. The summed E-state index contributed by atoms with van der Waals surface area (Å²) in [7, 11) is -4.27. The van der Waals surface area contributed by atoms with Crippen LogP contribution in [0, 0.1) is 7.14 Å². The smallest absolute Gasteiger partial charge is 0.357 e. The first-order chi connectivity index (χ1) is 27.1. The van der Waals surface area contributed by atoms with Gasteiger partial charge in [0.1, 0.15) is 10.1 Å². The lowest BCUT2D eigenvalue weighted by Gasteiger charge is -2.23. The molecule has 0 saturated heterocycles. The van der Waals surface area contributed by atoms with Gasteiger partial charge in [0.05, 0.1) is 15.8 Å². The maximum absolute atomic E-state index is 10.3. The van der Waals surface area contributed by atoms with Crippen molar-refractivity contribution in [1.82, 2.24) is 0 Å². The van der Waals surface area contributed by atoms with Crippen molar-refractivity contribution >= 4 is 27.0 Å². The molecule has 6 rings (SSSR count). The van der Waals surface area contributed by atoms with Crippen LogP contribution >= 0.6 is 0 Å². The van der Waals surface area contributed by atoms with E-state index >= 15 is 0 Å². The molecule has 6 aromatic carbocycles. The van der Waals surface area contributed by atoms with Crippen LogP contribution in [0.3, 0.4) is 0 Å².